The van der Waals surface area contributed by atoms with E-state index in [1.54, 1.807) is 6.92 Å². The molecule has 0 atom stereocenters. The highest BCUT2D eigenvalue weighted by Gasteiger charge is 2.40. The first kappa shape index (κ1) is 15.3. The minimum atomic E-state index is -0.960. The van der Waals surface area contributed by atoms with Crippen molar-refractivity contribution in [3.05, 3.63) is 29.3 Å². The average Bonchev–Trinajstić information content (AvgIpc) is 2.45. The molecular formula is C15H19NO5. The molecule has 6 nitrogen and oxygen atoms in total. The Bertz CT molecular complexity index is 549. The van der Waals surface area contributed by atoms with E-state index < -0.39 is 11.4 Å². The van der Waals surface area contributed by atoms with Gasteiger partial charge in [-0.25, -0.2) is 0 Å². The van der Waals surface area contributed by atoms with Crippen molar-refractivity contribution in [2.45, 2.75) is 19.8 Å². The second-order valence-corrected chi connectivity index (χ2v) is 5.38. The summed E-state index contributed by atoms with van der Waals surface area (Å²) in [6, 6.07) is 4.46. The summed E-state index contributed by atoms with van der Waals surface area (Å²) >= 11 is 0. The number of rotatable bonds is 4. The van der Waals surface area contributed by atoms with Gasteiger partial charge in [-0.3, -0.25) is 9.59 Å². The smallest absolute Gasteiger partial charge is 0.311 e. The van der Waals surface area contributed by atoms with Gasteiger partial charge in [0.25, 0.3) is 5.91 Å². The Morgan fingerprint density at radius 2 is 2.00 bits per heavy atom. The van der Waals surface area contributed by atoms with Gasteiger partial charge in [0.1, 0.15) is 5.75 Å². The van der Waals surface area contributed by atoms with Crippen LogP contribution in [0.3, 0.4) is 0 Å². The fourth-order valence-electron chi connectivity index (χ4n) is 2.48. The molecule has 6 heteroatoms. The second kappa shape index (κ2) is 6.13. The molecule has 114 valence electrons. The maximum atomic E-state index is 12.2. The number of phenolic OH excluding ortho intramolecular Hbond substituents is 1. The van der Waals surface area contributed by atoms with Crippen LogP contribution < -0.4 is 5.32 Å². The Labute approximate surface area is 122 Å². The maximum Gasteiger partial charge on any atom is 0.311 e. The van der Waals surface area contributed by atoms with Crippen LogP contribution in [-0.2, 0) is 9.53 Å². The molecule has 1 saturated heterocycles. The van der Waals surface area contributed by atoms with Gasteiger partial charge in [0.15, 0.2) is 0 Å². The molecule has 0 bridgehead atoms. The van der Waals surface area contributed by atoms with Crippen LogP contribution in [0.15, 0.2) is 18.2 Å². The van der Waals surface area contributed by atoms with Crippen molar-refractivity contribution in [1.82, 2.24) is 5.32 Å². The summed E-state index contributed by atoms with van der Waals surface area (Å²) in [5, 5.41) is 21.5. The minimum absolute atomic E-state index is 0.0742. The number of hydrogen-bond donors (Lipinski definition) is 3. The Hall–Kier alpha value is -2.08. The first-order valence-corrected chi connectivity index (χ1v) is 6.84. The zero-order valence-corrected chi connectivity index (χ0v) is 11.9. The molecule has 0 aliphatic carbocycles. The minimum Gasteiger partial charge on any atom is -0.508 e. The van der Waals surface area contributed by atoms with E-state index in [-0.39, 0.29) is 18.2 Å². The fraction of sp³-hybridized carbons (Fsp3) is 0.467. The molecule has 0 saturated carbocycles. The van der Waals surface area contributed by atoms with Gasteiger partial charge in [0, 0.05) is 25.3 Å². The highest BCUT2D eigenvalue weighted by Crippen LogP contribution is 2.30. The van der Waals surface area contributed by atoms with Crippen molar-refractivity contribution in [3.8, 4) is 5.75 Å². The van der Waals surface area contributed by atoms with Gasteiger partial charge in [0.2, 0.25) is 0 Å². The van der Waals surface area contributed by atoms with Crippen molar-refractivity contribution in [3.63, 3.8) is 0 Å². The molecule has 0 spiro atoms. The number of nitrogens with one attached hydrogen (secondary N) is 1. The van der Waals surface area contributed by atoms with Crippen LogP contribution in [0.5, 0.6) is 5.75 Å². The van der Waals surface area contributed by atoms with Gasteiger partial charge in [0.05, 0.1) is 5.41 Å². The second-order valence-electron chi connectivity index (χ2n) is 5.38. The summed E-state index contributed by atoms with van der Waals surface area (Å²) in [6.07, 6.45) is 0.772. The zero-order chi connectivity index (χ0) is 15.5. The summed E-state index contributed by atoms with van der Waals surface area (Å²) in [7, 11) is 0. The van der Waals surface area contributed by atoms with E-state index in [1.807, 2.05) is 0 Å². The molecule has 1 aromatic rings. The Morgan fingerprint density at radius 3 is 2.57 bits per heavy atom. The number of carboxylic acid groups (broad SMARTS) is 1. The van der Waals surface area contributed by atoms with Gasteiger partial charge >= 0.3 is 5.97 Å². The van der Waals surface area contributed by atoms with Gasteiger partial charge in [-0.2, -0.15) is 0 Å². The SMILES string of the molecule is Cc1cc(O)ccc1C(=O)NCC1(C(=O)O)CCOCC1. The number of carbonyl (C=O) groups excluding carboxylic acids is 1. The molecular weight excluding hydrogens is 274 g/mol. The summed E-state index contributed by atoms with van der Waals surface area (Å²) in [5.41, 5.74) is 0.114. The number of aromatic hydroxyl groups is 1. The lowest BCUT2D eigenvalue weighted by Crippen LogP contribution is -2.46. The number of aryl methyl sites for hydroxylation is 1. The third-order valence-electron chi connectivity index (χ3n) is 3.95. The Morgan fingerprint density at radius 1 is 1.33 bits per heavy atom. The lowest BCUT2D eigenvalue weighted by Gasteiger charge is -2.33. The van der Waals surface area contributed by atoms with E-state index in [9.17, 15) is 19.8 Å². The van der Waals surface area contributed by atoms with Crippen molar-refractivity contribution in [1.29, 1.82) is 0 Å². The van der Waals surface area contributed by atoms with Crippen LogP contribution in [-0.4, -0.2) is 41.8 Å². The molecule has 1 heterocycles. The van der Waals surface area contributed by atoms with Gasteiger partial charge < -0.3 is 20.3 Å². The molecule has 0 aromatic heterocycles. The molecule has 1 aromatic carbocycles. The van der Waals surface area contributed by atoms with Gasteiger partial charge in [-0.05, 0) is 43.5 Å². The third kappa shape index (κ3) is 3.33. The lowest BCUT2D eigenvalue weighted by molar-refractivity contribution is -0.154. The fourth-order valence-corrected chi connectivity index (χ4v) is 2.48. The highest BCUT2D eigenvalue weighted by atomic mass is 16.5. The van der Waals surface area contributed by atoms with E-state index in [1.165, 1.54) is 18.2 Å². The molecule has 0 unspecified atom stereocenters. The number of ether oxygens (including phenoxy) is 1. The zero-order valence-electron chi connectivity index (χ0n) is 11.9. The molecule has 1 aliphatic heterocycles. The Kier molecular flexibility index (Phi) is 4.47. The predicted octanol–water partition coefficient (Wildman–Crippen LogP) is 1.31. The number of hydrogen-bond acceptors (Lipinski definition) is 4. The number of carbonyl (C=O) groups is 2. The van der Waals surface area contributed by atoms with Crippen LogP contribution in [0, 0.1) is 12.3 Å². The maximum absolute atomic E-state index is 12.2. The molecule has 3 N–H and O–H groups in total. The Balaban J connectivity index is 2.07. The molecule has 1 aliphatic rings. The van der Waals surface area contributed by atoms with Gasteiger partial charge in [-0.15, -0.1) is 0 Å². The average molecular weight is 293 g/mol. The number of phenols is 1. The van der Waals surface area contributed by atoms with E-state index in [4.69, 9.17) is 4.74 Å². The van der Waals surface area contributed by atoms with Crippen LogP contribution in [0.1, 0.15) is 28.8 Å². The number of carboxylic acids is 1. The van der Waals surface area contributed by atoms with Crippen molar-refractivity contribution < 1.29 is 24.5 Å². The molecule has 1 amide bonds. The number of aliphatic carboxylic acids is 1. The van der Waals surface area contributed by atoms with E-state index in [0.717, 1.165) is 0 Å². The highest BCUT2D eigenvalue weighted by molar-refractivity contribution is 5.96. The van der Waals surface area contributed by atoms with Crippen LogP contribution in [0.2, 0.25) is 0 Å². The molecule has 2 rings (SSSR count). The summed E-state index contributed by atoms with van der Waals surface area (Å²) in [5.74, 6) is -1.15. The first-order chi connectivity index (χ1) is 9.94. The van der Waals surface area contributed by atoms with Crippen molar-refractivity contribution >= 4 is 11.9 Å². The first-order valence-electron chi connectivity index (χ1n) is 6.84. The number of amides is 1. The van der Waals surface area contributed by atoms with Crippen LogP contribution >= 0.6 is 0 Å². The summed E-state index contributed by atoms with van der Waals surface area (Å²) in [4.78, 5) is 23.7. The van der Waals surface area contributed by atoms with Crippen molar-refractivity contribution in [2.75, 3.05) is 19.8 Å². The van der Waals surface area contributed by atoms with E-state index >= 15 is 0 Å². The largest absolute Gasteiger partial charge is 0.508 e. The number of benzene rings is 1. The predicted molar refractivity (Wildman–Crippen MR) is 75.3 cm³/mol. The molecule has 1 fully saturated rings. The topological polar surface area (TPSA) is 95.9 Å². The van der Waals surface area contributed by atoms with E-state index in [0.29, 0.717) is 37.2 Å². The third-order valence-corrected chi connectivity index (χ3v) is 3.95. The molecule has 21 heavy (non-hydrogen) atoms. The van der Waals surface area contributed by atoms with Gasteiger partial charge in [-0.1, -0.05) is 0 Å². The van der Waals surface area contributed by atoms with Crippen LogP contribution in [0.4, 0.5) is 0 Å². The van der Waals surface area contributed by atoms with Crippen LogP contribution in [0.25, 0.3) is 0 Å². The normalized spacial score (nSPS) is 17.2. The van der Waals surface area contributed by atoms with Crippen molar-refractivity contribution in [2.24, 2.45) is 5.41 Å². The quantitative estimate of drug-likeness (QED) is 0.778. The monoisotopic (exact) mass is 293 g/mol. The summed E-state index contributed by atoms with van der Waals surface area (Å²) < 4.78 is 5.19. The molecule has 0 radical (unpaired) electrons. The van der Waals surface area contributed by atoms with E-state index in [2.05, 4.69) is 5.32 Å². The summed E-state index contributed by atoms with van der Waals surface area (Å²) in [6.45, 7) is 2.57. The lowest BCUT2D eigenvalue weighted by atomic mass is 9.80. The standard InChI is InChI=1S/C15H19NO5/c1-10-8-11(17)2-3-12(10)13(18)16-9-15(14(19)20)4-6-21-7-5-15/h2-3,8,17H,4-7,9H2,1H3,(H,16,18)(H,19,20).